The number of hydrogen-bond acceptors (Lipinski definition) is 3. The zero-order valence-electron chi connectivity index (χ0n) is 12.2. The molecule has 0 bridgehead atoms. The van der Waals surface area contributed by atoms with Gasteiger partial charge >= 0.3 is 0 Å². The summed E-state index contributed by atoms with van der Waals surface area (Å²) in [6, 6.07) is 3.44. The van der Waals surface area contributed by atoms with Crippen molar-refractivity contribution in [3.63, 3.8) is 0 Å². The Hall–Kier alpha value is -1.29. The SMILES string of the molecule is CC(C)C1CCCN(C(=O)c2ccc(N)cn2)CC1.Cl. The summed E-state index contributed by atoms with van der Waals surface area (Å²) in [5, 5.41) is 0. The standard InChI is InChI=1S/C15H23N3O.ClH/c1-11(2)12-4-3-8-18(9-7-12)15(19)14-6-5-13(16)10-17-14;/h5-6,10-12H,3-4,7-9,16H2,1-2H3;1H. The van der Waals surface area contributed by atoms with E-state index < -0.39 is 0 Å². The Bertz CT molecular complexity index is 433. The highest BCUT2D eigenvalue weighted by Gasteiger charge is 2.23. The average molecular weight is 298 g/mol. The summed E-state index contributed by atoms with van der Waals surface area (Å²) in [7, 11) is 0. The van der Waals surface area contributed by atoms with Crippen molar-refractivity contribution < 1.29 is 4.79 Å². The van der Waals surface area contributed by atoms with Crippen LogP contribution in [-0.4, -0.2) is 28.9 Å². The molecule has 0 saturated carbocycles. The van der Waals surface area contributed by atoms with Crippen LogP contribution < -0.4 is 5.73 Å². The van der Waals surface area contributed by atoms with E-state index in [4.69, 9.17) is 5.73 Å². The Labute approximate surface area is 127 Å². The van der Waals surface area contributed by atoms with Crippen molar-refractivity contribution in [3.8, 4) is 0 Å². The van der Waals surface area contributed by atoms with Crippen molar-refractivity contribution in [3.05, 3.63) is 24.0 Å². The van der Waals surface area contributed by atoms with Crippen LogP contribution in [-0.2, 0) is 0 Å². The van der Waals surface area contributed by atoms with Gasteiger partial charge in [0.05, 0.1) is 11.9 Å². The Morgan fingerprint density at radius 2 is 2.10 bits per heavy atom. The summed E-state index contributed by atoms with van der Waals surface area (Å²) in [6.45, 7) is 6.22. The number of nitrogens with zero attached hydrogens (tertiary/aromatic N) is 2. The zero-order chi connectivity index (χ0) is 13.8. The summed E-state index contributed by atoms with van der Waals surface area (Å²) in [4.78, 5) is 18.4. The third-order valence-electron chi connectivity index (χ3n) is 4.01. The Kier molecular flexibility index (Phi) is 6.27. The maximum absolute atomic E-state index is 12.4. The van der Waals surface area contributed by atoms with Gasteiger partial charge in [-0.3, -0.25) is 4.79 Å². The van der Waals surface area contributed by atoms with E-state index in [-0.39, 0.29) is 18.3 Å². The van der Waals surface area contributed by atoms with Gasteiger partial charge < -0.3 is 10.6 Å². The summed E-state index contributed by atoms with van der Waals surface area (Å²) in [5.74, 6) is 1.46. The Balaban J connectivity index is 0.00000200. The van der Waals surface area contributed by atoms with Crippen LogP contribution in [0.5, 0.6) is 0 Å². The molecular weight excluding hydrogens is 274 g/mol. The van der Waals surface area contributed by atoms with Gasteiger partial charge in [-0.1, -0.05) is 13.8 Å². The number of aromatic nitrogens is 1. The molecule has 2 rings (SSSR count). The second kappa shape index (κ2) is 7.48. The molecule has 1 atom stereocenters. The molecule has 1 aromatic heterocycles. The molecule has 4 nitrogen and oxygen atoms in total. The highest BCUT2D eigenvalue weighted by atomic mass is 35.5. The highest BCUT2D eigenvalue weighted by molar-refractivity contribution is 5.92. The minimum atomic E-state index is 0. The number of hydrogen-bond donors (Lipinski definition) is 1. The van der Waals surface area contributed by atoms with E-state index in [9.17, 15) is 4.79 Å². The molecule has 20 heavy (non-hydrogen) atoms. The van der Waals surface area contributed by atoms with Crippen LogP contribution in [0.15, 0.2) is 18.3 Å². The van der Waals surface area contributed by atoms with E-state index in [0.717, 1.165) is 31.8 Å². The first-order valence-electron chi connectivity index (χ1n) is 7.08. The first kappa shape index (κ1) is 16.8. The van der Waals surface area contributed by atoms with Gasteiger partial charge in [-0.2, -0.15) is 0 Å². The van der Waals surface area contributed by atoms with Crippen LogP contribution >= 0.6 is 12.4 Å². The number of halogens is 1. The van der Waals surface area contributed by atoms with Crippen molar-refractivity contribution in [2.45, 2.75) is 33.1 Å². The Morgan fingerprint density at radius 1 is 1.35 bits per heavy atom. The highest BCUT2D eigenvalue weighted by Crippen LogP contribution is 2.25. The predicted molar refractivity (Wildman–Crippen MR) is 84.0 cm³/mol. The van der Waals surface area contributed by atoms with Gasteiger partial charge in [0.15, 0.2) is 0 Å². The van der Waals surface area contributed by atoms with Crippen LogP contribution in [0, 0.1) is 11.8 Å². The first-order valence-corrected chi connectivity index (χ1v) is 7.08. The van der Waals surface area contributed by atoms with E-state index >= 15 is 0 Å². The van der Waals surface area contributed by atoms with Crippen LogP contribution in [0.4, 0.5) is 5.69 Å². The summed E-state index contributed by atoms with van der Waals surface area (Å²) < 4.78 is 0. The molecular formula is C15H24ClN3O. The van der Waals surface area contributed by atoms with E-state index in [1.54, 1.807) is 18.3 Å². The fourth-order valence-corrected chi connectivity index (χ4v) is 2.69. The molecule has 2 N–H and O–H groups in total. The molecule has 1 aliphatic rings. The molecule has 2 heterocycles. The quantitative estimate of drug-likeness (QED) is 0.913. The van der Waals surface area contributed by atoms with Crippen LogP contribution in [0.1, 0.15) is 43.6 Å². The van der Waals surface area contributed by atoms with Gasteiger partial charge in [-0.15, -0.1) is 12.4 Å². The van der Waals surface area contributed by atoms with Gasteiger partial charge in [0, 0.05) is 13.1 Å². The summed E-state index contributed by atoms with van der Waals surface area (Å²) in [5.41, 5.74) is 6.68. The third-order valence-corrected chi connectivity index (χ3v) is 4.01. The molecule has 1 amide bonds. The smallest absolute Gasteiger partial charge is 0.272 e. The van der Waals surface area contributed by atoms with Gasteiger partial charge in [-0.05, 0) is 43.2 Å². The second-order valence-electron chi connectivity index (χ2n) is 5.70. The number of rotatable bonds is 2. The number of likely N-dealkylation sites (tertiary alicyclic amines) is 1. The zero-order valence-corrected chi connectivity index (χ0v) is 13.0. The minimum Gasteiger partial charge on any atom is -0.397 e. The molecule has 1 aromatic rings. The number of anilines is 1. The van der Waals surface area contributed by atoms with Gasteiger partial charge in [0.25, 0.3) is 5.91 Å². The van der Waals surface area contributed by atoms with Crippen molar-refractivity contribution in [2.24, 2.45) is 11.8 Å². The van der Waals surface area contributed by atoms with Crippen molar-refractivity contribution in [2.75, 3.05) is 18.8 Å². The molecule has 0 aliphatic carbocycles. The molecule has 1 aliphatic heterocycles. The lowest BCUT2D eigenvalue weighted by atomic mass is 9.89. The van der Waals surface area contributed by atoms with Gasteiger partial charge in [0.1, 0.15) is 5.69 Å². The van der Waals surface area contributed by atoms with E-state index in [2.05, 4.69) is 18.8 Å². The van der Waals surface area contributed by atoms with E-state index in [1.807, 2.05) is 4.90 Å². The molecule has 1 saturated heterocycles. The lowest BCUT2D eigenvalue weighted by molar-refractivity contribution is 0.0753. The monoisotopic (exact) mass is 297 g/mol. The third kappa shape index (κ3) is 4.10. The van der Waals surface area contributed by atoms with E-state index in [0.29, 0.717) is 17.3 Å². The van der Waals surface area contributed by atoms with Crippen LogP contribution in [0.3, 0.4) is 0 Å². The fraction of sp³-hybridized carbons (Fsp3) is 0.600. The van der Waals surface area contributed by atoms with E-state index in [1.165, 1.54) is 6.42 Å². The number of carbonyl (C=O) groups is 1. The van der Waals surface area contributed by atoms with Gasteiger partial charge in [0.2, 0.25) is 0 Å². The summed E-state index contributed by atoms with van der Waals surface area (Å²) >= 11 is 0. The molecule has 0 aromatic carbocycles. The summed E-state index contributed by atoms with van der Waals surface area (Å²) in [6.07, 6.45) is 4.94. The molecule has 0 spiro atoms. The van der Waals surface area contributed by atoms with Crippen LogP contribution in [0.2, 0.25) is 0 Å². The molecule has 5 heteroatoms. The van der Waals surface area contributed by atoms with Crippen molar-refractivity contribution in [1.29, 1.82) is 0 Å². The second-order valence-corrected chi connectivity index (χ2v) is 5.70. The lowest BCUT2D eigenvalue weighted by Gasteiger charge is -2.21. The fourth-order valence-electron chi connectivity index (χ4n) is 2.69. The molecule has 1 unspecified atom stereocenters. The molecule has 112 valence electrons. The topological polar surface area (TPSA) is 59.2 Å². The minimum absolute atomic E-state index is 0. The van der Waals surface area contributed by atoms with Crippen molar-refractivity contribution >= 4 is 24.0 Å². The normalized spacial score (nSPS) is 19.4. The molecule has 1 fully saturated rings. The first-order chi connectivity index (χ1) is 9.08. The number of carbonyl (C=O) groups excluding carboxylic acids is 1. The Morgan fingerprint density at radius 3 is 2.70 bits per heavy atom. The maximum atomic E-state index is 12.4. The number of pyridine rings is 1. The number of nitrogens with two attached hydrogens (primary N) is 1. The van der Waals surface area contributed by atoms with Crippen molar-refractivity contribution in [1.82, 2.24) is 9.88 Å². The number of nitrogen functional groups attached to an aromatic ring is 1. The average Bonchev–Trinajstić information content (AvgIpc) is 2.64. The maximum Gasteiger partial charge on any atom is 0.272 e. The molecule has 0 radical (unpaired) electrons. The number of amides is 1. The lowest BCUT2D eigenvalue weighted by Crippen LogP contribution is -2.32. The predicted octanol–water partition coefficient (Wildman–Crippen LogP) is 2.98. The van der Waals surface area contributed by atoms with Crippen LogP contribution in [0.25, 0.3) is 0 Å². The van der Waals surface area contributed by atoms with Gasteiger partial charge in [-0.25, -0.2) is 4.98 Å². The largest absolute Gasteiger partial charge is 0.397 e.